The van der Waals surface area contributed by atoms with Gasteiger partial charge in [0.2, 0.25) is 0 Å². The maximum Gasteiger partial charge on any atom is 0.312 e. The summed E-state index contributed by atoms with van der Waals surface area (Å²) in [5.41, 5.74) is 5.22. The van der Waals surface area contributed by atoms with Crippen molar-refractivity contribution in [1.82, 2.24) is 5.32 Å². The van der Waals surface area contributed by atoms with Crippen LogP contribution in [-0.4, -0.2) is 38.4 Å². The van der Waals surface area contributed by atoms with Gasteiger partial charge in [-0.1, -0.05) is 72.6 Å². The van der Waals surface area contributed by atoms with Crippen molar-refractivity contribution in [2.75, 3.05) is 26.4 Å². The van der Waals surface area contributed by atoms with Crippen LogP contribution in [0.1, 0.15) is 111 Å². The number of hydrogen-bond acceptors (Lipinski definition) is 4. The molecule has 0 aliphatic carbocycles. The lowest BCUT2D eigenvalue weighted by Gasteiger charge is -2.40. The molecule has 6 nitrogen and oxygen atoms in total. The van der Waals surface area contributed by atoms with Crippen molar-refractivity contribution in [2.24, 2.45) is 11.7 Å². The number of carbonyl (C=O) groups excluding carboxylic acids is 1. The molecule has 30 heavy (non-hydrogen) atoms. The molecule has 0 radical (unpaired) electrons. The van der Waals surface area contributed by atoms with Gasteiger partial charge in [0.1, 0.15) is 0 Å². The maximum atomic E-state index is 11.0. The van der Waals surface area contributed by atoms with Gasteiger partial charge < -0.3 is 25.3 Å². The first kappa shape index (κ1) is 29.1. The van der Waals surface area contributed by atoms with E-state index >= 15 is 0 Å². The first-order valence-corrected chi connectivity index (χ1v) is 12.5. The molecule has 0 fully saturated rings. The highest BCUT2D eigenvalue weighted by Crippen LogP contribution is 2.34. The van der Waals surface area contributed by atoms with Crippen LogP contribution in [0.25, 0.3) is 0 Å². The molecule has 6 heteroatoms. The van der Waals surface area contributed by atoms with Crippen molar-refractivity contribution in [3.05, 3.63) is 0 Å². The molecule has 1 atom stereocenters. The quantitative estimate of drug-likeness (QED) is 0.160. The Bertz CT molecular complexity index is 372. The van der Waals surface area contributed by atoms with Crippen molar-refractivity contribution in [1.29, 1.82) is 0 Å². The molecule has 0 aromatic rings. The molecule has 2 amide bonds. The zero-order valence-corrected chi connectivity index (χ0v) is 20.3. The van der Waals surface area contributed by atoms with Crippen LogP contribution in [0.15, 0.2) is 0 Å². The van der Waals surface area contributed by atoms with E-state index in [1.54, 1.807) is 0 Å². The van der Waals surface area contributed by atoms with E-state index in [1.165, 1.54) is 38.5 Å². The predicted molar refractivity (Wildman–Crippen MR) is 124 cm³/mol. The summed E-state index contributed by atoms with van der Waals surface area (Å²) in [6.07, 6.45) is 14.4. The average Bonchev–Trinajstić information content (AvgIpc) is 2.74. The van der Waals surface area contributed by atoms with E-state index in [9.17, 15) is 4.79 Å². The summed E-state index contributed by atoms with van der Waals surface area (Å²) in [6, 6.07) is -0.475. The second-order valence-electron chi connectivity index (χ2n) is 8.19. The number of amides is 2. The Kier molecular flexibility index (Phi) is 19.5. The highest BCUT2D eigenvalue weighted by Gasteiger charge is 2.41. The zero-order chi connectivity index (χ0) is 22.5. The number of primary amides is 1. The van der Waals surface area contributed by atoms with E-state index < -0.39 is 12.0 Å². The predicted octanol–water partition coefficient (Wildman–Crippen LogP) is 6.13. The molecular formula is C24H50N2O4. The summed E-state index contributed by atoms with van der Waals surface area (Å²) in [4.78, 5) is 11.0. The molecule has 0 saturated heterocycles. The maximum absolute atomic E-state index is 11.0. The summed E-state index contributed by atoms with van der Waals surface area (Å²) in [7, 11) is 0. The minimum atomic E-state index is -0.989. The Morgan fingerprint density at radius 3 is 1.67 bits per heavy atom. The van der Waals surface area contributed by atoms with E-state index in [-0.39, 0.29) is 5.92 Å². The van der Waals surface area contributed by atoms with Crippen molar-refractivity contribution in [3.8, 4) is 0 Å². The standard InChI is InChI=1S/C24H50N2O4/c1-5-9-10-11-12-13-14-16-22(17-15-18-26-23(25)27)24(28-19-6-2,29-20-7-3)30-21-8-4/h22H,5-21H2,1-4H3,(H3,25,26,27). The Morgan fingerprint density at radius 2 is 1.20 bits per heavy atom. The topological polar surface area (TPSA) is 82.8 Å². The van der Waals surface area contributed by atoms with Gasteiger partial charge in [-0.25, -0.2) is 4.79 Å². The fourth-order valence-electron chi connectivity index (χ4n) is 3.62. The molecule has 0 rings (SSSR count). The molecule has 0 spiro atoms. The van der Waals surface area contributed by atoms with Crippen LogP contribution < -0.4 is 11.1 Å². The monoisotopic (exact) mass is 430 g/mol. The van der Waals surface area contributed by atoms with Crippen molar-refractivity contribution in [3.63, 3.8) is 0 Å². The molecule has 0 aromatic heterocycles. The lowest BCUT2D eigenvalue weighted by molar-refractivity contribution is -0.406. The third-order valence-corrected chi connectivity index (χ3v) is 5.21. The Morgan fingerprint density at radius 1 is 0.733 bits per heavy atom. The van der Waals surface area contributed by atoms with E-state index in [2.05, 4.69) is 33.0 Å². The number of unbranched alkanes of at least 4 members (excludes halogenated alkanes) is 6. The van der Waals surface area contributed by atoms with Crippen LogP contribution in [0.3, 0.4) is 0 Å². The van der Waals surface area contributed by atoms with E-state index in [4.69, 9.17) is 19.9 Å². The molecule has 180 valence electrons. The SMILES string of the molecule is CCCCCCCCCC(CCCNC(N)=O)C(OCCC)(OCCC)OCCC. The van der Waals surface area contributed by atoms with Crippen LogP contribution in [0.5, 0.6) is 0 Å². The second-order valence-corrected chi connectivity index (χ2v) is 8.19. The number of nitrogens with two attached hydrogens (primary N) is 1. The molecule has 0 heterocycles. The summed E-state index contributed by atoms with van der Waals surface area (Å²) in [6.45, 7) is 11.0. The molecule has 3 N–H and O–H groups in total. The van der Waals surface area contributed by atoms with Gasteiger partial charge in [-0.3, -0.25) is 0 Å². The molecule has 0 saturated carbocycles. The lowest BCUT2D eigenvalue weighted by atomic mass is 9.92. The van der Waals surface area contributed by atoms with E-state index in [1.807, 2.05) is 0 Å². The summed E-state index contributed by atoms with van der Waals surface area (Å²) in [5, 5.41) is 2.69. The van der Waals surface area contributed by atoms with E-state index in [0.29, 0.717) is 26.4 Å². The highest BCUT2D eigenvalue weighted by atomic mass is 16.9. The van der Waals surface area contributed by atoms with Crippen molar-refractivity contribution >= 4 is 6.03 Å². The third kappa shape index (κ3) is 14.2. The largest absolute Gasteiger partial charge is 0.352 e. The number of urea groups is 1. The number of ether oxygens (including phenoxy) is 3. The molecule has 0 aromatic carbocycles. The average molecular weight is 431 g/mol. The minimum absolute atomic E-state index is 0.132. The van der Waals surface area contributed by atoms with Gasteiger partial charge in [-0.05, 0) is 38.5 Å². The summed E-state index contributed by atoms with van der Waals surface area (Å²) >= 11 is 0. The zero-order valence-electron chi connectivity index (χ0n) is 20.3. The third-order valence-electron chi connectivity index (χ3n) is 5.21. The lowest BCUT2D eigenvalue weighted by Crippen LogP contribution is -2.47. The van der Waals surface area contributed by atoms with Crippen molar-refractivity contribution in [2.45, 2.75) is 117 Å². The van der Waals surface area contributed by atoms with Crippen LogP contribution in [0.2, 0.25) is 0 Å². The normalized spacial score (nSPS) is 12.8. The van der Waals surface area contributed by atoms with Gasteiger partial charge >= 0.3 is 6.03 Å². The Hall–Kier alpha value is -0.850. The molecule has 0 aliphatic heterocycles. The molecule has 1 unspecified atom stereocenters. The van der Waals surface area contributed by atoms with Gasteiger partial charge in [0.05, 0.1) is 19.8 Å². The van der Waals surface area contributed by atoms with Crippen LogP contribution >= 0.6 is 0 Å². The number of rotatable bonds is 22. The minimum Gasteiger partial charge on any atom is -0.352 e. The van der Waals surface area contributed by atoms with Crippen LogP contribution in [0.4, 0.5) is 4.79 Å². The molecular weight excluding hydrogens is 380 g/mol. The summed E-state index contributed by atoms with van der Waals surface area (Å²) < 4.78 is 18.8. The summed E-state index contributed by atoms with van der Waals surface area (Å²) in [5.74, 6) is -0.857. The fraction of sp³-hybridized carbons (Fsp3) is 0.958. The first-order valence-electron chi connectivity index (χ1n) is 12.5. The van der Waals surface area contributed by atoms with Crippen molar-refractivity contribution < 1.29 is 19.0 Å². The smallest absolute Gasteiger partial charge is 0.312 e. The Balaban J connectivity index is 5.08. The highest BCUT2D eigenvalue weighted by molar-refractivity contribution is 5.71. The van der Waals surface area contributed by atoms with E-state index in [0.717, 1.165) is 44.9 Å². The second kappa shape index (κ2) is 20.1. The number of nitrogens with one attached hydrogen (secondary N) is 1. The van der Waals surface area contributed by atoms with Crippen LogP contribution in [0, 0.1) is 5.92 Å². The first-order chi connectivity index (χ1) is 14.6. The fourth-order valence-corrected chi connectivity index (χ4v) is 3.62. The number of carbonyl (C=O) groups is 1. The molecule has 0 aliphatic rings. The number of hydrogen-bond donors (Lipinski definition) is 2. The van der Waals surface area contributed by atoms with Crippen LogP contribution in [-0.2, 0) is 14.2 Å². The Labute approximate surface area is 186 Å². The van der Waals surface area contributed by atoms with Gasteiger partial charge in [-0.2, -0.15) is 0 Å². The van der Waals surface area contributed by atoms with Gasteiger partial charge in [0.15, 0.2) is 0 Å². The van der Waals surface area contributed by atoms with Gasteiger partial charge in [-0.15, -0.1) is 0 Å². The van der Waals surface area contributed by atoms with Gasteiger partial charge in [0, 0.05) is 12.5 Å². The van der Waals surface area contributed by atoms with Gasteiger partial charge in [0.25, 0.3) is 5.97 Å². The molecule has 0 bridgehead atoms.